The van der Waals surface area contributed by atoms with Crippen molar-refractivity contribution in [3.05, 3.63) is 0 Å². The normalized spacial score (nSPS) is 13.7. The van der Waals surface area contributed by atoms with Crippen molar-refractivity contribution in [2.75, 3.05) is 25.4 Å². The van der Waals surface area contributed by atoms with E-state index in [4.69, 9.17) is 9.79 Å². The second-order valence-corrected chi connectivity index (χ2v) is 12.6. The summed E-state index contributed by atoms with van der Waals surface area (Å²) < 4.78 is 15.2. The molecule has 0 unspecified atom stereocenters. The van der Waals surface area contributed by atoms with E-state index < -0.39 is 38.0 Å². The highest BCUT2D eigenvalue weighted by Gasteiger charge is 2.35. The molecular formula is C25H49N2O9PS. The third kappa shape index (κ3) is 20.9. The molecule has 0 bridgehead atoms. The molecule has 0 spiro atoms. The summed E-state index contributed by atoms with van der Waals surface area (Å²) >= 11 is 1.06. The van der Waals surface area contributed by atoms with E-state index in [2.05, 4.69) is 22.1 Å². The number of phosphoric acid groups is 1. The molecule has 2 atom stereocenters. The first-order valence-corrected chi connectivity index (χ1v) is 16.1. The third-order valence-electron chi connectivity index (χ3n) is 5.98. The van der Waals surface area contributed by atoms with Crippen LogP contribution in [-0.2, 0) is 23.5 Å². The number of thioether (sulfide) groups is 1. The molecule has 0 aliphatic heterocycles. The first-order chi connectivity index (χ1) is 17.8. The van der Waals surface area contributed by atoms with E-state index in [1.807, 2.05) is 0 Å². The Bertz CT molecular complexity index is 734. The lowest BCUT2D eigenvalue weighted by Crippen LogP contribution is -2.46. The van der Waals surface area contributed by atoms with Crippen LogP contribution in [0.3, 0.4) is 0 Å². The van der Waals surface area contributed by atoms with Gasteiger partial charge in [0.2, 0.25) is 11.8 Å². The fourth-order valence-corrected chi connectivity index (χ4v) is 4.81. The molecule has 0 aliphatic rings. The Hall–Kier alpha value is -1.01. The van der Waals surface area contributed by atoms with E-state index in [0.717, 1.165) is 31.0 Å². The Balaban J connectivity index is 3.87. The van der Waals surface area contributed by atoms with Crippen LogP contribution in [0, 0.1) is 5.41 Å². The first kappa shape index (κ1) is 37.0. The maximum Gasteiger partial charge on any atom is 0.469 e. The highest BCUT2D eigenvalue weighted by molar-refractivity contribution is 8.13. The molecule has 224 valence electrons. The van der Waals surface area contributed by atoms with Crippen LogP contribution in [0.25, 0.3) is 0 Å². The van der Waals surface area contributed by atoms with Gasteiger partial charge in [0, 0.05) is 37.1 Å². The van der Waals surface area contributed by atoms with E-state index in [9.17, 15) is 29.2 Å². The minimum Gasteiger partial charge on any atom is -0.393 e. The largest absolute Gasteiger partial charge is 0.469 e. The summed E-state index contributed by atoms with van der Waals surface area (Å²) in [7, 11) is -4.74. The lowest BCUT2D eigenvalue weighted by atomic mass is 9.87. The molecule has 11 nitrogen and oxygen atoms in total. The van der Waals surface area contributed by atoms with Gasteiger partial charge >= 0.3 is 7.82 Å². The van der Waals surface area contributed by atoms with Gasteiger partial charge in [0.25, 0.3) is 0 Å². The molecule has 0 aromatic carbocycles. The minimum atomic E-state index is -4.74. The third-order valence-corrected chi connectivity index (χ3v) is 7.34. The number of rotatable bonds is 23. The van der Waals surface area contributed by atoms with Crippen molar-refractivity contribution in [1.29, 1.82) is 0 Å². The van der Waals surface area contributed by atoms with Gasteiger partial charge in [-0.05, 0) is 6.42 Å². The molecule has 0 aromatic rings. The molecule has 0 aromatic heterocycles. The van der Waals surface area contributed by atoms with Gasteiger partial charge in [-0.1, -0.05) is 90.3 Å². The number of aliphatic hydroxyl groups is 2. The number of unbranched alkanes of at least 4 members (excludes halogenated alkanes) is 8. The van der Waals surface area contributed by atoms with Crippen LogP contribution < -0.4 is 10.6 Å². The average Bonchev–Trinajstić information content (AvgIpc) is 2.83. The van der Waals surface area contributed by atoms with E-state index in [0.29, 0.717) is 12.2 Å². The van der Waals surface area contributed by atoms with Crippen LogP contribution in [0.2, 0.25) is 0 Å². The summed E-state index contributed by atoms with van der Waals surface area (Å²) in [5.74, 6) is -0.768. The second kappa shape index (κ2) is 20.8. The Morgan fingerprint density at radius 2 is 1.50 bits per heavy atom. The number of phosphoric ester groups is 1. The number of nitrogens with one attached hydrogen (secondary N) is 2. The van der Waals surface area contributed by atoms with E-state index in [1.54, 1.807) is 0 Å². The lowest BCUT2D eigenvalue weighted by Gasteiger charge is -2.29. The van der Waals surface area contributed by atoms with Crippen molar-refractivity contribution < 1.29 is 43.5 Å². The van der Waals surface area contributed by atoms with E-state index in [-0.39, 0.29) is 37.0 Å². The summed E-state index contributed by atoms with van der Waals surface area (Å²) in [5.41, 5.74) is -1.27. The van der Waals surface area contributed by atoms with Gasteiger partial charge in [-0.2, -0.15) is 0 Å². The Morgan fingerprint density at radius 3 is 2.08 bits per heavy atom. The van der Waals surface area contributed by atoms with Gasteiger partial charge in [-0.3, -0.25) is 18.9 Å². The van der Waals surface area contributed by atoms with Crippen molar-refractivity contribution >= 4 is 36.5 Å². The van der Waals surface area contributed by atoms with E-state index >= 15 is 0 Å². The maximum absolute atomic E-state index is 12.1. The molecule has 13 heteroatoms. The quantitative estimate of drug-likeness (QED) is 0.0771. The lowest BCUT2D eigenvalue weighted by molar-refractivity contribution is -0.137. The predicted octanol–water partition coefficient (Wildman–Crippen LogP) is 3.04. The second-order valence-electron chi connectivity index (χ2n) is 10.2. The molecule has 0 radical (unpaired) electrons. The zero-order valence-electron chi connectivity index (χ0n) is 23.2. The summed E-state index contributed by atoms with van der Waals surface area (Å²) in [4.78, 5) is 53.6. The zero-order chi connectivity index (χ0) is 29.0. The molecule has 0 heterocycles. The number of amides is 2. The van der Waals surface area contributed by atoms with Crippen LogP contribution in [0.4, 0.5) is 0 Å². The molecule has 2 amide bonds. The Kier molecular flexibility index (Phi) is 20.3. The van der Waals surface area contributed by atoms with Crippen molar-refractivity contribution in [2.45, 2.75) is 110 Å². The van der Waals surface area contributed by atoms with Crippen molar-refractivity contribution in [2.24, 2.45) is 5.41 Å². The van der Waals surface area contributed by atoms with Crippen molar-refractivity contribution in [3.8, 4) is 0 Å². The van der Waals surface area contributed by atoms with Crippen LogP contribution in [-0.4, -0.2) is 74.6 Å². The summed E-state index contributed by atoms with van der Waals surface area (Å²) in [6, 6.07) is 0. The highest BCUT2D eigenvalue weighted by atomic mass is 32.2. The monoisotopic (exact) mass is 584 g/mol. The van der Waals surface area contributed by atoms with Crippen LogP contribution in [0.1, 0.15) is 97.8 Å². The Morgan fingerprint density at radius 1 is 0.921 bits per heavy atom. The molecule has 0 saturated carbocycles. The fourth-order valence-electron chi connectivity index (χ4n) is 3.57. The molecule has 38 heavy (non-hydrogen) atoms. The fraction of sp³-hybridized carbons (Fsp3) is 0.880. The number of carbonyl (C=O) groups is 3. The van der Waals surface area contributed by atoms with E-state index in [1.165, 1.54) is 52.4 Å². The summed E-state index contributed by atoms with van der Waals surface area (Å²) in [6.45, 7) is 4.70. The molecule has 0 fully saturated rings. The van der Waals surface area contributed by atoms with Gasteiger partial charge in [0.1, 0.15) is 6.10 Å². The summed E-state index contributed by atoms with van der Waals surface area (Å²) in [6.07, 6.45) is 9.23. The van der Waals surface area contributed by atoms with Crippen LogP contribution in [0.15, 0.2) is 0 Å². The van der Waals surface area contributed by atoms with Crippen molar-refractivity contribution in [1.82, 2.24) is 10.6 Å². The molecule has 0 saturated heterocycles. The molecule has 0 rings (SSSR count). The standard InChI is InChI=1S/C25H49N2O9PS/c1-4-5-6-7-8-9-10-11-12-13-20(28)18-22(30)38-17-16-26-21(29)14-15-27-24(32)23(31)25(2,3)19-36-37(33,34)35/h20,23,28,31H,4-19H2,1-3H3,(H,26,29)(H,27,32)(H2,33,34,35)/t20-,23-/m0/s1. The number of hydrogen-bond acceptors (Lipinski definition) is 8. The average molecular weight is 585 g/mol. The predicted molar refractivity (Wildman–Crippen MR) is 148 cm³/mol. The van der Waals surface area contributed by atoms with Gasteiger partial charge in [-0.15, -0.1) is 0 Å². The molecule has 6 N–H and O–H groups in total. The van der Waals surface area contributed by atoms with Gasteiger partial charge in [-0.25, -0.2) is 4.57 Å². The number of hydrogen-bond donors (Lipinski definition) is 6. The van der Waals surface area contributed by atoms with Gasteiger partial charge in [0.15, 0.2) is 5.12 Å². The maximum atomic E-state index is 12.1. The highest BCUT2D eigenvalue weighted by Crippen LogP contribution is 2.38. The van der Waals surface area contributed by atoms with Crippen LogP contribution >= 0.6 is 19.6 Å². The van der Waals surface area contributed by atoms with Gasteiger partial charge < -0.3 is 30.6 Å². The Labute approximate surface area is 231 Å². The minimum absolute atomic E-state index is 0.0473. The molecule has 0 aliphatic carbocycles. The molecular weight excluding hydrogens is 535 g/mol. The number of aliphatic hydroxyl groups excluding tert-OH is 2. The van der Waals surface area contributed by atoms with Crippen LogP contribution in [0.5, 0.6) is 0 Å². The smallest absolute Gasteiger partial charge is 0.393 e. The zero-order valence-corrected chi connectivity index (χ0v) is 24.9. The first-order valence-electron chi connectivity index (χ1n) is 13.5. The van der Waals surface area contributed by atoms with Crippen molar-refractivity contribution in [3.63, 3.8) is 0 Å². The van der Waals surface area contributed by atoms with Gasteiger partial charge in [0.05, 0.1) is 12.7 Å². The summed E-state index contributed by atoms with van der Waals surface area (Å²) in [5, 5.41) is 25.1. The topological polar surface area (TPSA) is 182 Å². The SMILES string of the molecule is CCCCCCCCCCC[C@H](O)CC(=O)SCCNC(=O)CCNC(=O)[C@H](O)C(C)(C)COP(=O)(O)O. The number of carbonyl (C=O) groups excluding carboxylic acids is 3.